The van der Waals surface area contributed by atoms with Gasteiger partial charge in [-0.1, -0.05) is 37.1 Å². The molecule has 2 N–H and O–H groups in total. The Kier molecular flexibility index (Phi) is 9.43. The van der Waals surface area contributed by atoms with Crippen molar-refractivity contribution < 1.29 is 33.3 Å². The first kappa shape index (κ1) is 24.8. The van der Waals surface area contributed by atoms with E-state index in [-0.39, 0.29) is 29.7 Å². The Hall–Kier alpha value is -2.48. The molecule has 1 aliphatic heterocycles. The molecule has 1 fully saturated rings. The van der Waals surface area contributed by atoms with E-state index in [1.807, 2.05) is 0 Å². The number of piperidine rings is 1. The number of rotatable bonds is 12. The van der Waals surface area contributed by atoms with Gasteiger partial charge < -0.3 is 19.8 Å². The predicted molar refractivity (Wildman–Crippen MR) is 112 cm³/mol. The molecule has 0 aliphatic carbocycles. The molecule has 0 saturated carbocycles. The van der Waals surface area contributed by atoms with Gasteiger partial charge in [-0.2, -0.15) is 8.78 Å². The second kappa shape index (κ2) is 11.8. The third-order valence-electron chi connectivity index (χ3n) is 5.49. The van der Waals surface area contributed by atoms with Gasteiger partial charge in [-0.3, -0.25) is 9.59 Å². The van der Waals surface area contributed by atoms with Crippen LogP contribution in [-0.2, 0) is 15.5 Å². The minimum atomic E-state index is -3.50. The zero-order chi connectivity index (χ0) is 22.9. The molecule has 1 amide bonds. The van der Waals surface area contributed by atoms with Crippen molar-refractivity contribution in [1.29, 1.82) is 0 Å². The van der Waals surface area contributed by atoms with Crippen molar-refractivity contribution in [3.8, 4) is 5.75 Å². The van der Waals surface area contributed by atoms with Crippen LogP contribution in [0.5, 0.6) is 5.75 Å². The Balaban J connectivity index is 1.96. The number of amides is 1. The molecular weight excluding hydrogens is 408 g/mol. The molecule has 2 unspecified atom stereocenters. The number of ether oxygens (including phenoxy) is 1. The summed E-state index contributed by atoms with van der Waals surface area (Å²) < 4.78 is 34.4. The van der Waals surface area contributed by atoms with Crippen molar-refractivity contribution in [2.24, 2.45) is 0 Å². The maximum absolute atomic E-state index is 14.7. The fraction of sp³-hybridized carbons (Fsp3) is 0.565. The van der Waals surface area contributed by atoms with Crippen LogP contribution in [0.15, 0.2) is 36.4 Å². The van der Waals surface area contributed by atoms with Crippen LogP contribution < -0.4 is 4.74 Å². The number of carbonyl (C=O) groups excluding carboxylic acids is 1. The summed E-state index contributed by atoms with van der Waals surface area (Å²) in [6.45, 7) is 0.489. The smallest absolute Gasteiger partial charge is 0.303 e. The Morgan fingerprint density at radius 1 is 1.32 bits per heavy atom. The number of carboxylic acid groups (broad SMARTS) is 1. The molecule has 2 rings (SSSR count). The Morgan fingerprint density at radius 3 is 2.77 bits per heavy atom. The summed E-state index contributed by atoms with van der Waals surface area (Å²) in [5, 5.41) is 18.8. The van der Waals surface area contributed by atoms with Gasteiger partial charge in [0.05, 0.1) is 13.2 Å². The van der Waals surface area contributed by atoms with Crippen LogP contribution in [0.1, 0.15) is 56.9 Å². The minimum Gasteiger partial charge on any atom is -0.497 e. The number of methoxy groups -OCH3 is 1. The van der Waals surface area contributed by atoms with Crippen molar-refractivity contribution in [1.82, 2.24) is 4.90 Å². The molecule has 8 heteroatoms. The van der Waals surface area contributed by atoms with Crippen molar-refractivity contribution in [3.05, 3.63) is 42.0 Å². The number of carbonyl (C=O) groups is 2. The van der Waals surface area contributed by atoms with Crippen LogP contribution in [0, 0.1) is 0 Å². The number of alkyl halides is 2. The molecular formula is C23H31F2NO5. The van der Waals surface area contributed by atoms with Gasteiger partial charge in [-0.15, -0.1) is 0 Å². The fourth-order valence-corrected chi connectivity index (χ4v) is 3.70. The van der Waals surface area contributed by atoms with Crippen LogP contribution >= 0.6 is 0 Å². The lowest BCUT2D eigenvalue weighted by Gasteiger charge is -2.34. The summed E-state index contributed by atoms with van der Waals surface area (Å²) in [5.74, 6) is -4.07. The second-order valence-corrected chi connectivity index (χ2v) is 7.79. The number of carboxylic acids is 1. The number of unbranched alkanes of at least 4 members (excludes halogenated alkanes) is 3. The summed E-state index contributed by atoms with van der Waals surface area (Å²) in [4.78, 5) is 24.6. The van der Waals surface area contributed by atoms with E-state index in [0.717, 1.165) is 25.3 Å². The number of nitrogens with zero attached hydrogens (tertiary/aromatic N) is 1. The Morgan fingerprint density at radius 2 is 2.06 bits per heavy atom. The first-order chi connectivity index (χ1) is 14.8. The lowest BCUT2D eigenvalue weighted by atomic mass is 9.97. The van der Waals surface area contributed by atoms with Crippen LogP contribution in [0.2, 0.25) is 0 Å². The molecule has 0 radical (unpaired) electrons. The maximum Gasteiger partial charge on any atom is 0.303 e. The normalized spacial score (nSPS) is 18.4. The first-order valence-electron chi connectivity index (χ1n) is 10.7. The molecule has 0 aromatic heterocycles. The van der Waals surface area contributed by atoms with E-state index in [1.165, 1.54) is 31.4 Å². The molecule has 1 heterocycles. The molecule has 1 aromatic carbocycles. The van der Waals surface area contributed by atoms with Gasteiger partial charge in [0.15, 0.2) is 0 Å². The molecule has 31 heavy (non-hydrogen) atoms. The highest BCUT2D eigenvalue weighted by Crippen LogP contribution is 2.34. The van der Waals surface area contributed by atoms with E-state index in [4.69, 9.17) is 9.84 Å². The highest BCUT2D eigenvalue weighted by molar-refractivity contribution is 5.77. The number of benzene rings is 1. The van der Waals surface area contributed by atoms with Gasteiger partial charge in [0.25, 0.3) is 0 Å². The first-order valence-corrected chi connectivity index (χ1v) is 10.7. The lowest BCUT2D eigenvalue weighted by molar-refractivity contribution is -0.137. The maximum atomic E-state index is 14.7. The van der Waals surface area contributed by atoms with Crippen LogP contribution in [-0.4, -0.2) is 52.8 Å². The number of aliphatic hydroxyl groups is 1. The van der Waals surface area contributed by atoms with E-state index in [2.05, 4.69) is 0 Å². The molecule has 6 nitrogen and oxygen atoms in total. The molecule has 172 valence electrons. The van der Waals surface area contributed by atoms with E-state index >= 15 is 0 Å². The molecule has 2 atom stereocenters. The van der Waals surface area contributed by atoms with Crippen LogP contribution in [0.3, 0.4) is 0 Å². The van der Waals surface area contributed by atoms with E-state index in [9.17, 15) is 23.5 Å². The summed E-state index contributed by atoms with van der Waals surface area (Å²) in [6, 6.07) is 5.08. The van der Waals surface area contributed by atoms with Gasteiger partial charge in [-0.05, 0) is 37.8 Å². The van der Waals surface area contributed by atoms with Crippen LogP contribution in [0.25, 0.3) is 0 Å². The summed E-state index contributed by atoms with van der Waals surface area (Å²) in [6.07, 6.45) is 5.29. The number of aliphatic carboxylic acids is 1. The largest absolute Gasteiger partial charge is 0.497 e. The average molecular weight is 439 g/mol. The predicted octanol–water partition coefficient (Wildman–Crippen LogP) is 4.12. The van der Waals surface area contributed by atoms with Crippen molar-refractivity contribution in [3.63, 3.8) is 0 Å². The molecule has 1 aliphatic rings. The average Bonchev–Trinajstić information content (AvgIpc) is 2.75. The number of halogens is 2. The highest BCUT2D eigenvalue weighted by Gasteiger charge is 2.39. The fourth-order valence-electron chi connectivity index (χ4n) is 3.70. The molecule has 1 aromatic rings. The van der Waals surface area contributed by atoms with Crippen LogP contribution in [0.4, 0.5) is 8.78 Å². The summed E-state index contributed by atoms with van der Waals surface area (Å²) in [5.41, 5.74) is -0.345. The zero-order valence-electron chi connectivity index (χ0n) is 17.8. The Labute approximate surface area is 181 Å². The number of aliphatic hydroxyl groups excluding tert-OH is 1. The van der Waals surface area contributed by atoms with E-state index in [1.54, 1.807) is 11.0 Å². The third kappa shape index (κ3) is 7.31. The van der Waals surface area contributed by atoms with Crippen molar-refractivity contribution >= 4 is 11.9 Å². The van der Waals surface area contributed by atoms with E-state index < -0.39 is 18.0 Å². The van der Waals surface area contributed by atoms with Gasteiger partial charge in [-0.25, -0.2) is 0 Å². The molecule has 1 saturated heterocycles. The quantitative estimate of drug-likeness (QED) is 0.378. The number of hydrogen-bond acceptors (Lipinski definition) is 4. The standard InChI is InChI=1S/C23H31F2NO5/c1-31-19-10-6-8-17(16-19)23(24,25)20(27)14-13-18-9-7-11-21(28)26(18)15-5-3-2-4-12-22(29)30/h6,8,10,13-14,16,18,20,27H,2-5,7,9,11-12,15H2,1H3,(H,29,30). The number of likely N-dealkylation sites (tertiary alicyclic amines) is 1. The van der Waals surface area contributed by atoms with Gasteiger partial charge in [0.1, 0.15) is 11.9 Å². The summed E-state index contributed by atoms with van der Waals surface area (Å²) in [7, 11) is 1.38. The van der Waals surface area contributed by atoms with Gasteiger partial charge >= 0.3 is 11.9 Å². The van der Waals surface area contributed by atoms with Gasteiger partial charge in [0.2, 0.25) is 5.91 Å². The number of hydrogen-bond donors (Lipinski definition) is 2. The zero-order valence-corrected chi connectivity index (χ0v) is 17.8. The van der Waals surface area contributed by atoms with Crippen molar-refractivity contribution in [2.45, 2.75) is 69.4 Å². The van der Waals surface area contributed by atoms with Gasteiger partial charge in [0, 0.05) is 24.9 Å². The van der Waals surface area contributed by atoms with Crippen molar-refractivity contribution in [2.75, 3.05) is 13.7 Å². The second-order valence-electron chi connectivity index (χ2n) is 7.79. The molecule has 0 spiro atoms. The minimum absolute atomic E-state index is 0.0273. The monoisotopic (exact) mass is 439 g/mol. The molecule has 0 bridgehead atoms. The third-order valence-corrected chi connectivity index (χ3v) is 5.49. The van der Waals surface area contributed by atoms with E-state index in [0.29, 0.717) is 32.2 Å². The topological polar surface area (TPSA) is 87.1 Å². The highest BCUT2D eigenvalue weighted by atomic mass is 19.3. The SMILES string of the molecule is COc1cccc(C(F)(F)C(O)C=CC2CCCC(=O)N2CCCCCCC(=O)O)c1. The summed E-state index contributed by atoms with van der Waals surface area (Å²) >= 11 is 0. The Bertz CT molecular complexity index is 768. The lowest BCUT2D eigenvalue weighted by Crippen LogP contribution is -2.43.